The lowest BCUT2D eigenvalue weighted by molar-refractivity contribution is -0.137. The van der Waals surface area contributed by atoms with Gasteiger partial charge in [0.05, 0.1) is 37.5 Å². The van der Waals surface area contributed by atoms with Gasteiger partial charge in [-0.2, -0.15) is 13.2 Å². The van der Waals surface area contributed by atoms with Crippen LogP contribution in [0.5, 0.6) is 5.75 Å². The van der Waals surface area contributed by atoms with Crippen LogP contribution in [0.2, 0.25) is 0 Å². The number of carbonyl (C=O) groups excluding carboxylic acids is 1. The largest absolute Gasteiger partial charge is 0.497 e. The van der Waals surface area contributed by atoms with Crippen LogP contribution in [0.3, 0.4) is 0 Å². The summed E-state index contributed by atoms with van der Waals surface area (Å²) >= 11 is 0. The van der Waals surface area contributed by atoms with Gasteiger partial charge in [0.15, 0.2) is 0 Å². The number of morpholine rings is 1. The Bertz CT molecular complexity index is 1160. The molecule has 3 aromatic carbocycles. The summed E-state index contributed by atoms with van der Waals surface area (Å²) in [5.41, 5.74) is 0.0600. The minimum Gasteiger partial charge on any atom is -0.497 e. The molecular weight excluding hydrogens is 433 g/mol. The van der Waals surface area contributed by atoms with Gasteiger partial charge < -0.3 is 19.7 Å². The molecule has 4 rings (SSSR count). The molecule has 0 radical (unpaired) electrons. The molecule has 0 aliphatic carbocycles. The number of nitrogens with one attached hydrogen (secondary N) is 1. The number of rotatable bonds is 5. The number of fused-ring (bicyclic) bond motifs is 1. The van der Waals surface area contributed by atoms with Crippen LogP contribution in [-0.2, 0) is 15.7 Å². The van der Waals surface area contributed by atoms with Gasteiger partial charge >= 0.3 is 6.18 Å². The van der Waals surface area contributed by atoms with Gasteiger partial charge in [-0.25, -0.2) is 0 Å². The first-order chi connectivity index (χ1) is 15.8. The molecule has 5 nitrogen and oxygen atoms in total. The van der Waals surface area contributed by atoms with Gasteiger partial charge in [-0.15, -0.1) is 0 Å². The first-order valence-electron chi connectivity index (χ1n) is 10.7. The molecule has 1 aliphatic heterocycles. The SMILES string of the molecule is COc1ccc2cc([C@H](C)C(=O)Nc3ccc(N4CCOCC4)cc3C(F)(F)F)ccc2c1. The van der Waals surface area contributed by atoms with Crippen LogP contribution in [0, 0.1) is 0 Å². The number of nitrogens with zero attached hydrogens (tertiary/aromatic N) is 1. The van der Waals surface area contributed by atoms with Crippen molar-refractivity contribution in [2.24, 2.45) is 0 Å². The molecule has 1 aliphatic rings. The second kappa shape index (κ2) is 9.31. The molecule has 1 N–H and O–H groups in total. The molecule has 1 heterocycles. The van der Waals surface area contributed by atoms with Crippen LogP contribution >= 0.6 is 0 Å². The van der Waals surface area contributed by atoms with Crippen molar-refractivity contribution in [3.05, 3.63) is 65.7 Å². The number of hydrogen-bond donors (Lipinski definition) is 1. The fourth-order valence-corrected chi connectivity index (χ4v) is 3.92. The van der Waals surface area contributed by atoms with E-state index in [0.717, 1.165) is 22.6 Å². The number of alkyl halides is 3. The summed E-state index contributed by atoms with van der Waals surface area (Å²) in [5.74, 6) is -0.426. The second-order valence-corrected chi connectivity index (χ2v) is 8.01. The van der Waals surface area contributed by atoms with Crippen molar-refractivity contribution in [1.82, 2.24) is 0 Å². The van der Waals surface area contributed by atoms with Crippen molar-refractivity contribution in [2.75, 3.05) is 43.6 Å². The van der Waals surface area contributed by atoms with Gasteiger partial charge in [-0.1, -0.05) is 24.3 Å². The summed E-state index contributed by atoms with van der Waals surface area (Å²) < 4.78 is 51.9. The molecule has 0 unspecified atom stereocenters. The Morgan fingerprint density at radius 3 is 2.42 bits per heavy atom. The lowest BCUT2D eigenvalue weighted by Crippen LogP contribution is -2.36. The van der Waals surface area contributed by atoms with E-state index < -0.39 is 23.6 Å². The molecule has 33 heavy (non-hydrogen) atoms. The Hall–Kier alpha value is -3.26. The van der Waals surface area contributed by atoms with Gasteiger partial charge in [0.2, 0.25) is 5.91 Å². The fraction of sp³-hybridized carbons (Fsp3) is 0.320. The Morgan fingerprint density at radius 1 is 1.03 bits per heavy atom. The number of anilines is 2. The molecule has 1 fully saturated rings. The molecule has 0 bridgehead atoms. The molecule has 1 amide bonds. The Balaban J connectivity index is 1.57. The van der Waals surface area contributed by atoms with E-state index in [1.54, 1.807) is 26.2 Å². The van der Waals surface area contributed by atoms with Gasteiger partial charge in [-0.05, 0) is 53.6 Å². The molecule has 8 heteroatoms. The zero-order valence-corrected chi connectivity index (χ0v) is 18.4. The predicted molar refractivity (Wildman–Crippen MR) is 122 cm³/mol. The number of ether oxygens (including phenoxy) is 2. The Kier molecular flexibility index (Phi) is 6.47. The minimum atomic E-state index is -4.60. The summed E-state index contributed by atoms with van der Waals surface area (Å²) in [5, 5.41) is 4.35. The van der Waals surface area contributed by atoms with Crippen LogP contribution in [-0.4, -0.2) is 39.3 Å². The maximum atomic E-state index is 13.8. The van der Waals surface area contributed by atoms with Crippen molar-refractivity contribution in [3.8, 4) is 5.75 Å². The molecular formula is C25H25F3N2O3. The van der Waals surface area contributed by atoms with Crippen molar-refractivity contribution >= 4 is 28.1 Å². The van der Waals surface area contributed by atoms with E-state index in [0.29, 0.717) is 37.6 Å². The van der Waals surface area contributed by atoms with E-state index in [1.807, 2.05) is 35.2 Å². The van der Waals surface area contributed by atoms with Crippen LogP contribution in [0.1, 0.15) is 24.0 Å². The average molecular weight is 458 g/mol. The number of hydrogen-bond acceptors (Lipinski definition) is 4. The molecule has 3 aromatic rings. The van der Waals surface area contributed by atoms with Gasteiger partial charge in [0.25, 0.3) is 0 Å². The monoisotopic (exact) mass is 458 g/mol. The van der Waals surface area contributed by atoms with Crippen LogP contribution in [0.15, 0.2) is 54.6 Å². The highest BCUT2D eigenvalue weighted by atomic mass is 19.4. The zero-order valence-electron chi connectivity index (χ0n) is 18.4. The summed E-state index contributed by atoms with van der Waals surface area (Å²) in [6, 6.07) is 15.1. The molecule has 1 saturated heterocycles. The van der Waals surface area contributed by atoms with Crippen LogP contribution in [0.25, 0.3) is 10.8 Å². The second-order valence-electron chi connectivity index (χ2n) is 8.01. The maximum absolute atomic E-state index is 13.8. The molecule has 0 saturated carbocycles. The molecule has 174 valence electrons. The van der Waals surface area contributed by atoms with E-state index >= 15 is 0 Å². The predicted octanol–water partition coefficient (Wildman–Crippen LogP) is 5.45. The van der Waals surface area contributed by atoms with E-state index in [1.165, 1.54) is 6.07 Å². The maximum Gasteiger partial charge on any atom is 0.418 e. The van der Waals surface area contributed by atoms with E-state index in [4.69, 9.17) is 9.47 Å². The lowest BCUT2D eigenvalue weighted by atomic mass is 9.96. The highest BCUT2D eigenvalue weighted by Gasteiger charge is 2.35. The third-order valence-electron chi connectivity index (χ3n) is 5.91. The quantitative estimate of drug-likeness (QED) is 0.553. The normalized spacial score (nSPS) is 15.4. The fourth-order valence-electron chi connectivity index (χ4n) is 3.92. The summed E-state index contributed by atoms with van der Waals surface area (Å²) in [6.07, 6.45) is -4.60. The number of carbonyl (C=O) groups is 1. The first kappa shape index (κ1) is 22.9. The van der Waals surface area contributed by atoms with Crippen LogP contribution < -0.4 is 15.0 Å². The smallest absolute Gasteiger partial charge is 0.418 e. The number of benzene rings is 3. The van der Waals surface area contributed by atoms with E-state index in [2.05, 4.69) is 5.32 Å². The van der Waals surface area contributed by atoms with Crippen molar-refractivity contribution in [1.29, 1.82) is 0 Å². The zero-order chi connectivity index (χ0) is 23.6. The number of halogens is 3. The third kappa shape index (κ3) is 5.06. The molecule has 1 atom stereocenters. The number of amides is 1. The summed E-state index contributed by atoms with van der Waals surface area (Å²) in [7, 11) is 1.59. The standard InChI is InChI=1S/C25H25F3N2O3/c1-16(17-3-4-19-14-21(32-2)7-5-18(19)13-17)24(31)29-23-8-6-20(15-22(23)25(26,27)28)30-9-11-33-12-10-30/h3-8,13-16H,9-12H2,1-2H3,(H,29,31)/t16-/m0/s1. The first-order valence-corrected chi connectivity index (χ1v) is 10.7. The summed E-state index contributed by atoms with van der Waals surface area (Å²) in [4.78, 5) is 14.7. The topological polar surface area (TPSA) is 50.8 Å². The van der Waals surface area contributed by atoms with Crippen LogP contribution in [0.4, 0.5) is 24.5 Å². The van der Waals surface area contributed by atoms with Crippen molar-refractivity contribution in [2.45, 2.75) is 19.0 Å². The number of methoxy groups -OCH3 is 1. The molecule has 0 aromatic heterocycles. The van der Waals surface area contributed by atoms with Crippen molar-refractivity contribution < 1.29 is 27.4 Å². The van der Waals surface area contributed by atoms with E-state index in [-0.39, 0.29) is 5.69 Å². The average Bonchev–Trinajstić information content (AvgIpc) is 2.83. The third-order valence-corrected chi connectivity index (χ3v) is 5.91. The molecule has 0 spiro atoms. The van der Waals surface area contributed by atoms with Crippen molar-refractivity contribution in [3.63, 3.8) is 0 Å². The highest BCUT2D eigenvalue weighted by Crippen LogP contribution is 2.38. The minimum absolute atomic E-state index is 0.248. The van der Waals surface area contributed by atoms with Gasteiger partial charge in [-0.3, -0.25) is 4.79 Å². The van der Waals surface area contributed by atoms with Gasteiger partial charge in [0, 0.05) is 18.8 Å². The van der Waals surface area contributed by atoms with Gasteiger partial charge in [0.1, 0.15) is 5.75 Å². The Morgan fingerprint density at radius 2 is 1.73 bits per heavy atom. The Labute approximate surface area is 190 Å². The highest BCUT2D eigenvalue weighted by molar-refractivity contribution is 5.97. The van der Waals surface area contributed by atoms with E-state index in [9.17, 15) is 18.0 Å². The lowest BCUT2D eigenvalue weighted by Gasteiger charge is -2.29. The summed E-state index contributed by atoms with van der Waals surface area (Å²) in [6.45, 7) is 3.66.